The van der Waals surface area contributed by atoms with Crippen LogP contribution in [-0.4, -0.2) is 14.8 Å². The van der Waals surface area contributed by atoms with Crippen LogP contribution in [0.15, 0.2) is 6.33 Å². The SMILES string of the molecule is CC(C)Cn1ncnc1CCC#N. The highest BCUT2D eigenvalue weighted by molar-refractivity contribution is 4.88. The Kier molecular flexibility index (Phi) is 3.44. The fourth-order valence-electron chi connectivity index (χ4n) is 1.15. The van der Waals surface area contributed by atoms with Gasteiger partial charge in [0.2, 0.25) is 0 Å². The van der Waals surface area contributed by atoms with Gasteiger partial charge < -0.3 is 0 Å². The third-order valence-electron chi connectivity index (χ3n) is 1.69. The Morgan fingerprint density at radius 1 is 1.62 bits per heavy atom. The lowest BCUT2D eigenvalue weighted by Crippen LogP contribution is -2.10. The molecule has 1 aromatic heterocycles. The van der Waals surface area contributed by atoms with Crippen molar-refractivity contribution in [3.8, 4) is 6.07 Å². The monoisotopic (exact) mass is 178 g/mol. The van der Waals surface area contributed by atoms with Crippen LogP contribution >= 0.6 is 0 Å². The molecule has 0 saturated carbocycles. The Balaban J connectivity index is 2.61. The second-order valence-electron chi connectivity index (χ2n) is 3.41. The Morgan fingerprint density at radius 2 is 2.38 bits per heavy atom. The van der Waals surface area contributed by atoms with Crippen LogP contribution in [0.4, 0.5) is 0 Å². The van der Waals surface area contributed by atoms with E-state index in [1.807, 2.05) is 4.68 Å². The summed E-state index contributed by atoms with van der Waals surface area (Å²) in [5.74, 6) is 1.47. The van der Waals surface area contributed by atoms with Gasteiger partial charge in [0.1, 0.15) is 12.2 Å². The summed E-state index contributed by atoms with van der Waals surface area (Å²) in [4.78, 5) is 4.11. The van der Waals surface area contributed by atoms with E-state index in [-0.39, 0.29) is 0 Å². The Hall–Kier alpha value is -1.37. The molecule has 1 rings (SSSR count). The van der Waals surface area contributed by atoms with Crippen molar-refractivity contribution >= 4 is 0 Å². The number of aryl methyl sites for hydroxylation is 1. The summed E-state index contributed by atoms with van der Waals surface area (Å²) in [7, 11) is 0. The molecule has 0 spiro atoms. The van der Waals surface area contributed by atoms with Crippen molar-refractivity contribution in [3.05, 3.63) is 12.2 Å². The molecule has 1 heterocycles. The number of hydrogen-bond acceptors (Lipinski definition) is 3. The van der Waals surface area contributed by atoms with Crippen molar-refractivity contribution < 1.29 is 0 Å². The molecule has 0 radical (unpaired) electrons. The fraction of sp³-hybridized carbons (Fsp3) is 0.667. The van der Waals surface area contributed by atoms with Crippen molar-refractivity contribution in [3.63, 3.8) is 0 Å². The van der Waals surface area contributed by atoms with Crippen molar-refractivity contribution in [1.29, 1.82) is 5.26 Å². The molecule has 0 atom stereocenters. The maximum absolute atomic E-state index is 8.43. The smallest absolute Gasteiger partial charge is 0.138 e. The maximum Gasteiger partial charge on any atom is 0.138 e. The first-order valence-corrected chi connectivity index (χ1v) is 4.47. The van der Waals surface area contributed by atoms with Crippen LogP contribution in [0.5, 0.6) is 0 Å². The van der Waals surface area contributed by atoms with Gasteiger partial charge in [-0.1, -0.05) is 13.8 Å². The lowest BCUT2D eigenvalue weighted by atomic mass is 10.2. The van der Waals surface area contributed by atoms with Gasteiger partial charge >= 0.3 is 0 Å². The Morgan fingerprint density at radius 3 is 3.00 bits per heavy atom. The summed E-state index contributed by atoms with van der Waals surface area (Å²) in [5.41, 5.74) is 0. The second-order valence-corrected chi connectivity index (χ2v) is 3.41. The summed E-state index contributed by atoms with van der Waals surface area (Å²) in [5, 5.41) is 12.5. The van der Waals surface area contributed by atoms with E-state index in [9.17, 15) is 0 Å². The third kappa shape index (κ3) is 2.86. The lowest BCUT2D eigenvalue weighted by Gasteiger charge is -2.06. The van der Waals surface area contributed by atoms with E-state index in [2.05, 4.69) is 30.0 Å². The highest BCUT2D eigenvalue weighted by Gasteiger charge is 2.04. The van der Waals surface area contributed by atoms with Crippen LogP contribution in [0, 0.1) is 17.2 Å². The first-order chi connectivity index (χ1) is 6.24. The standard InChI is InChI=1S/C9H14N4/c1-8(2)6-13-9(4-3-5-10)11-7-12-13/h7-8H,3-4,6H2,1-2H3. The number of nitrogens with zero attached hydrogens (tertiary/aromatic N) is 4. The molecule has 0 amide bonds. The van der Waals surface area contributed by atoms with Gasteiger partial charge in [-0.05, 0) is 5.92 Å². The largest absolute Gasteiger partial charge is 0.250 e. The summed E-state index contributed by atoms with van der Waals surface area (Å²) < 4.78 is 1.88. The number of hydrogen-bond donors (Lipinski definition) is 0. The first-order valence-electron chi connectivity index (χ1n) is 4.47. The van der Waals surface area contributed by atoms with Gasteiger partial charge in [-0.25, -0.2) is 9.67 Å². The quantitative estimate of drug-likeness (QED) is 0.700. The molecule has 0 N–H and O–H groups in total. The predicted octanol–water partition coefficient (Wildman–Crippen LogP) is 1.39. The highest BCUT2D eigenvalue weighted by Crippen LogP contribution is 2.02. The summed E-state index contributed by atoms with van der Waals surface area (Å²) in [6.07, 6.45) is 2.76. The predicted molar refractivity (Wildman–Crippen MR) is 48.8 cm³/mol. The molecule has 0 fully saturated rings. The van der Waals surface area contributed by atoms with Crippen LogP contribution in [0.1, 0.15) is 26.1 Å². The molecule has 0 aliphatic rings. The van der Waals surface area contributed by atoms with Crippen LogP contribution in [0.25, 0.3) is 0 Å². The molecular formula is C9H14N4. The van der Waals surface area contributed by atoms with Crippen molar-refractivity contribution in [2.45, 2.75) is 33.2 Å². The average Bonchev–Trinajstić information content (AvgIpc) is 2.48. The minimum absolute atomic E-state index is 0.511. The molecule has 1 aromatic rings. The van der Waals surface area contributed by atoms with Crippen molar-refractivity contribution in [2.75, 3.05) is 0 Å². The lowest BCUT2D eigenvalue weighted by molar-refractivity contribution is 0.466. The summed E-state index contributed by atoms with van der Waals surface area (Å²) in [6.45, 7) is 5.15. The van der Waals surface area contributed by atoms with Gasteiger partial charge in [-0.3, -0.25) is 0 Å². The van der Waals surface area contributed by atoms with Crippen molar-refractivity contribution in [2.24, 2.45) is 5.92 Å². The third-order valence-corrected chi connectivity index (χ3v) is 1.69. The van der Waals surface area contributed by atoms with Gasteiger partial charge in [0, 0.05) is 19.4 Å². The molecule has 13 heavy (non-hydrogen) atoms. The van der Waals surface area contributed by atoms with E-state index in [1.165, 1.54) is 0 Å². The molecule has 0 bridgehead atoms. The van der Waals surface area contributed by atoms with E-state index >= 15 is 0 Å². The van der Waals surface area contributed by atoms with Crippen LogP contribution in [-0.2, 0) is 13.0 Å². The number of rotatable bonds is 4. The summed E-state index contributed by atoms with van der Waals surface area (Å²) >= 11 is 0. The maximum atomic E-state index is 8.43. The first kappa shape index (κ1) is 9.72. The van der Waals surface area contributed by atoms with E-state index < -0.39 is 0 Å². The molecule has 0 aromatic carbocycles. The zero-order chi connectivity index (χ0) is 9.68. The normalized spacial score (nSPS) is 10.3. The van der Waals surface area contributed by atoms with Crippen LogP contribution < -0.4 is 0 Å². The van der Waals surface area contributed by atoms with E-state index in [0.29, 0.717) is 18.8 Å². The van der Waals surface area contributed by atoms with Gasteiger partial charge in [0.05, 0.1) is 6.07 Å². The Labute approximate surface area is 78.2 Å². The zero-order valence-electron chi connectivity index (χ0n) is 8.06. The van der Waals surface area contributed by atoms with Crippen LogP contribution in [0.3, 0.4) is 0 Å². The molecule has 70 valence electrons. The Bertz CT molecular complexity index is 295. The minimum atomic E-state index is 0.511. The van der Waals surface area contributed by atoms with Crippen LogP contribution in [0.2, 0.25) is 0 Å². The van der Waals surface area contributed by atoms with E-state index in [1.54, 1.807) is 6.33 Å². The second kappa shape index (κ2) is 4.61. The molecule has 4 heteroatoms. The van der Waals surface area contributed by atoms with Crippen molar-refractivity contribution in [1.82, 2.24) is 14.8 Å². The average molecular weight is 178 g/mol. The topological polar surface area (TPSA) is 54.5 Å². The molecule has 0 saturated heterocycles. The summed E-state index contributed by atoms with van der Waals surface area (Å²) in [6, 6.07) is 2.11. The minimum Gasteiger partial charge on any atom is -0.250 e. The molecule has 0 aliphatic carbocycles. The number of nitriles is 1. The van der Waals surface area contributed by atoms with Gasteiger partial charge in [-0.15, -0.1) is 0 Å². The van der Waals surface area contributed by atoms with E-state index in [0.717, 1.165) is 12.4 Å². The molecular weight excluding hydrogens is 164 g/mol. The molecule has 0 aliphatic heterocycles. The van der Waals surface area contributed by atoms with E-state index in [4.69, 9.17) is 5.26 Å². The number of aromatic nitrogens is 3. The van der Waals surface area contributed by atoms with Gasteiger partial charge in [0.15, 0.2) is 0 Å². The fourth-order valence-corrected chi connectivity index (χ4v) is 1.15. The van der Waals surface area contributed by atoms with Gasteiger partial charge in [0.25, 0.3) is 0 Å². The molecule has 4 nitrogen and oxygen atoms in total. The van der Waals surface area contributed by atoms with Gasteiger partial charge in [-0.2, -0.15) is 10.4 Å². The highest BCUT2D eigenvalue weighted by atomic mass is 15.3. The molecule has 0 unspecified atom stereocenters. The zero-order valence-corrected chi connectivity index (χ0v) is 8.06.